The lowest BCUT2D eigenvalue weighted by molar-refractivity contribution is 0.0800. The van der Waals surface area contributed by atoms with Gasteiger partial charge in [-0.15, -0.1) is 0 Å². The number of ether oxygens (including phenoxy) is 1. The molecule has 1 aromatic carbocycles. The number of benzene rings is 1. The zero-order chi connectivity index (χ0) is 13.5. The van der Waals surface area contributed by atoms with Crippen LogP contribution >= 0.6 is 11.8 Å². The second-order valence-electron chi connectivity index (χ2n) is 3.87. The van der Waals surface area contributed by atoms with Gasteiger partial charge in [-0.05, 0) is 25.3 Å². The van der Waals surface area contributed by atoms with E-state index < -0.39 is 0 Å². The fourth-order valence-corrected chi connectivity index (χ4v) is 2.03. The number of nitrogen functional groups attached to an aromatic ring is 1. The number of anilines is 1. The first-order valence-corrected chi connectivity index (χ1v) is 7.26. The summed E-state index contributed by atoms with van der Waals surface area (Å²) in [6.45, 7) is 3.09. The van der Waals surface area contributed by atoms with Crippen LogP contribution in [0.2, 0.25) is 0 Å². The van der Waals surface area contributed by atoms with Crippen LogP contribution in [0.5, 0.6) is 5.75 Å². The van der Waals surface area contributed by atoms with E-state index in [1.165, 1.54) is 0 Å². The van der Waals surface area contributed by atoms with Gasteiger partial charge in [0.25, 0.3) is 5.91 Å². The lowest BCUT2D eigenvalue weighted by atomic mass is 10.1. The third kappa shape index (κ3) is 3.57. The van der Waals surface area contributed by atoms with E-state index in [0.29, 0.717) is 30.2 Å². The SMILES string of the molecule is CCOc1cccc(N)c1C(=O)N(C)CCSC. The predicted octanol–water partition coefficient (Wildman–Crippen LogP) is 2.10. The number of amides is 1. The molecule has 0 saturated carbocycles. The second-order valence-corrected chi connectivity index (χ2v) is 4.86. The minimum atomic E-state index is -0.0920. The number of hydrogen-bond donors (Lipinski definition) is 1. The Hall–Kier alpha value is -1.36. The Morgan fingerprint density at radius 2 is 2.22 bits per heavy atom. The predicted molar refractivity (Wildman–Crippen MR) is 77.4 cm³/mol. The maximum absolute atomic E-state index is 12.3. The summed E-state index contributed by atoms with van der Waals surface area (Å²) in [5.41, 5.74) is 6.81. The first-order chi connectivity index (χ1) is 8.61. The standard InChI is InChI=1S/C13H20N2O2S/c1-4-17-11-7-5-6-10(14)12(11)13(16)15(2)8-9-18-3/h5-7H,4,8-9,14H2,1-3H3. The molecule has 0 saturated heterocycles. The van der Waals surface area contributed by atoms with Gasteiger partial charge in [0.2, 0.25) is 0 Å². The summed E-state index contributed by atoms with van der Waals surface area (Å²) < 4.78 is 5.46. The molecular formula is C13H20N2O2S. The Bertz CT molecular complexity index is 410. The van der Waals surface area contributed by atoms with Crippen molar-refractivity contribution < 1.29 is 9.53 Å². The number of hydrogen-bond acceptors (Lipinski definition) is 4. The van der Waals surface area contributed by atoms with Gasteiger partial charge < -0.3 is 15.4 Å². The van der Waals surface area contributed by atoms with Crippen molar-refractivity contribution >= 4 is 23.4 Å². The molecule has 0 bridgehead atoms. The minimum Gasteiger partial charge on any atom is -0.493 e. The van der Waals surface area contributed by atoms with Crippen molar-refractivity contribution in [3.8, 4) is 5.75 Å². The lowest BCUT2D eigenvalue weighted by Gasteiger charge is -2.19. The van der Waals surface area contributed by atoms with Gasteiger partial charge in [-0.1, -0.05) is 6.07 Å². The van der Waals surface area contributed by atoms with Crippen LogP contribution in [0.3, 0.4) is 0 Å². The Morgan fingerprint density at radius 1 is 1.50 bits per heavy atom. The van der Waals surface area contributed by atoms with E-state index in [2.05, 4.69) is 0 Å². The smallest absolute Gasteiger partial charge is 0.259 e. The first kappa shape index (κ1) is 14.7. The van der Waals surface area contributed by atoms with Gasteiger partial charge in [-0.2, -0.15) is 11.8 Å². The molecule has 2 N–H and O–H groups in total. The van der Waals surface area contributed by atoms with Crippen molar-refractivity contribution in [2.45, 2.75) is 6.92 Å². The Morgan fingerprint density at radius 3 is 2.83 bits per heavy atom. The van der Waals surface area contributed by atoms with E-state index in [-0.39, 0.29) is 5.91 Å². The second kappa shape index (κ2) is 7.16. The molecular weight excluding hydrogens is 248 g/mol. The summed E-state index contributed by atoms with van der Waals surface area (Å²) in [5.74, 6) is 1.36. The van der Waals surface area contributed by atoms with Crippen LogP contribution in [-0.4, -0.2) is 43.0 Å². The highest BCUT2D eigenvalue weighted by atomic mass is 32.2. The van der Waals surface area contributed by atoms with E-state index >= 15 is 0 Å². The van der Waals surface area contributed by atoms with Gasteiger partial charge in [-0.3, -0.25) is 4.79 Å². The third-order valence-corrected chi connectivity index (χ3v) is 3.14. The van der Waals surface area contributed by atoms with Crippen LogP contribution in [0.1, 0.15) is 17.3 Å². The molecule has 0 aliphatic rings. The molecule has 0 aliphatic carbocycles. The highest BCUT2D eigenvalue weighted by Crippen LogP contribution is 2.25. The van der Waals surface area contributed by atoms with Crippen molar-refractivity contribution in [1.82, 2.24) is 4.90 Å². The Balaban J connectivity index is 2.96. The Labute approximate surface area is 112 Å². The first-order valence-electron chi connectivity index (χ1n) is 5.87. The quantitative estimate of drug-likeness (QED) is 0.803. The van der Waals surface area contributed by atoms with Crippen LogP contribution in [-0.2, 0) is 0 Å². The molecule has 0 unspecified atom stereocenters. The summed E-state index contributed by atoms with van der Waals surface area (Å²) in [4.78, 5) is 14.0. The van der Waals surface area contributed by atoms with Crippen LogP contribution in [0.25, 0.3) is 0 Å². The molecule has 0 aromatic heterocycles. The fraction of sp³-hybridized carbons (Fsp3) is 0.462. The number of thioether (sulfide) groups is 1. The molecule has 100 valence electrons. The van der Waals surface area contributed by atoms with Crippen molar-refractivity contribution in [1.29, 1.82) is 0 Å². The summed E-state index contributed by atoms with van der Waals surface area (Å²) >= 11 is 1.70. The Kier molecular flexibility index (Phi) is 5.85. The van der Waals surface area contributed by atoms with E-state index in [1.807, 2.05) is 13.2 Å². The molecule has 5 heteroatoms. The lowest BCUT2D eigenvalue weighted by Crippen LogP contribution is -2.30. The summed E-state index contributed by atoms with van der Waals surface area (Å²) in [6, 6.07) is 5.28. The number of carbonyl (C=O) groups excluding carboxylic acids is 1. The summed E-state index contributed by atoms with van der Waals surface area (Å²) in [5, 5.41) is 0. The highest BCUT2D eigenvalue weighted by Gasteiger charge is 2.19. The maximum Gasteiger partial charge on any atom is 0.259 e. The van der Waals surface area contributed by atoms with Crippen LogP contribution < -0.4 is 10.5 Å². The molecule has 0 atom stereocenters. The maximum atomic E-state index is 12.3. The molecule has 0 radical (unpaired) electrons. The van der Waals surface area contributed by atoms with Crippen LogP contribution in [0.4, 0.5) is 5.69 Å². The van der Waals surface area contributed by atoms with Crippen LogP contribution in [0, 0.1) is 0 Å². The number of carbonyl (C=O) groups is 1. The molecule has 1 aromatic rings. The van der Waals surface area contributed by atoms with Crippen molar-refractivity contribution in [3.63, 3.8) is 0 Å². The fourth-order valence-electron chi connectivity index (χ4n) is 1.57. The van der Waals surface area contributed by atoms with E-state index in [4.69, 9.17) is 10.5 Å². The molecule has 0 spiro atoms. The van der Waals surface area contributed by atoms with Gasteiger partial charge in [-0.25, -0.2) is 0 Å². The average molecular weight is 268 g/mol. The molecule has 0 fully saturated rings. The zero-order valence-electron chi connectivity index (χ0n) is 11.1. The average Bonchev–Trinajstić information content (AvgIpc) is 2.36. The monoisotopic (exact) mass is 268 g/mol. The molecule has 1 amide bonds. The van der Waals surface area contributed by atoms with Crippen molar-refractivity contribution in [2.75, 3.05) is 37.9 Å². The summed E-state index contributed by atoms with van der Waals surface area (Å²) in [6.07, 6.45) is 2.01. The largest absolute Gasteiger partial charge is 0.493 e. The number of nitrogens with zero attached hydrogens (tertiary/aromatic N) is 1. The topological polar surface area (TPSA) is 55.6 Å². The van der Waals surface area contributed by atoms with Gasteiger partial charge in [0, 0.05) is 25.0 Å². The van der Waals surface area contributed by atoms with Gasteiger partial charge in [0.1, 0.15) is 11.3 Å². The molecule has 1 rings (SSSR count). The molecule has 0 aliphatic heterocycles. The van der Waals surface area contributed by atoms with Crippen LogP contribution in [0.15, 0.2) is 18.2 Å². The number of nitrogens with two attached hydrogens (primary N) is 1. The molecule has 0 heterocycles. The van der Waals surface area contributed by atoms with E-state index in [1.54, 1.807) is 41.9 Å². The zero-order valence-corrected chi connectivity index (χ0v) is 11.9. The van der Waals surface area contributed by atoms with Gasteiger partial charge >= 0.3 is 0 Å². The summed E-state index contributed by atoms with van der Waals surface area (Å²) in [7, 11) is 1.78. The van der Waals surface area contributed by atoms with Crippen molar-refractivity contribution in [2.24, 2.45) is 0 Å². The van der Waals surface area contributed by atoms with Crippen molar-refractivity contribution in [3.05, 3.63) is 23.8 Å². The van der Waals surface area contributed by atoms with E-state index in [9.17, 15) is 4.79 Å². The highest BCUT2D eigenvalue weighted by molar-refractivity contribution is 7.98. The number of rotatable bonds is 6. The molecule has 18 heavy (non-hydrogen) atoms. The normalized spacial score (nSPS) is 10.2. The van der Waals surface area contributed by atoms with Gasteiger partial charge in [0.15, 0.2) is 0 Å². The minimum absolute atomic E-state index is 0.0920. The van der Waals surface area contributed by atoms with Gasteiger partial charge in [0.05, 0.1) is 6.61 Å². The third-order valence-electron chi connectivity index (χ3n) is 2.55. The molecule has 4 nitrogen and oxygen atoms in total. The van der Waals surface area contributed by atoms with E-state index in [0.717, 1.165) is 5.75 Å².